The molecular weight excluding hydrogens is 324 g/mol. The van der Waals surface area contributed by atoms with Gasteiger partial charge >= 0.3 is 0 Å². The Morgan fingerprint density at radius 3 is 2.69 bits per heavy atom. The van der Waals surface area contributed by atoms with Crippen LogP contribution in [0.3, 0.4) is 0 Å². The van der Waals surface area contributed by atoms with Crippen LogP contribution in [0, 0.1) is 13.8 Å². The third kappa shape index (κ3) is 2.88. The zero-order chi connectivity index (χ0) is 18.1. The van der Waals surface area contributed by atoms with Gasteiger partial charge in [-0.3, -0.25) is 4.99 Å². The Labute approximate surface area is 153 Å². The van der Waals surface area contributed by atoms with E-state index >= 15 is 0 Å². The molecule has 0 bridgehead atoms. The largest absolute Gasteiger partial charge is 0.454 e. The zero-order valence-corrected chi connectivity index (χ0v) is 15.3. The lowest BCUT2D eigenvalue weighted by Crippen LogP contribution is -2.03. The summed E-state index contributed by atoms with van der Waals surface area (Å²) in [4.78, 5) is 4.63. The Morgan fingerprint density at radius 2 is 1.85 bits per heavy atom. The maximum atomic E-state index is 5.42. The maximum absolute atomic E-state index is 5.42. The molecule has 1 aliphatic rings. The molecule has 0 fully saturated rings. The summed E-state index contributed by atoms with van der Waals surface area (Å²) in [6, 6.07) is 16.5. The summed E-state index contributed by atoms with van der Waals surface area (Å²) in [6.45, 7) is 6.74. The predicted molar refractivity (Wildman–Crippen MR) is 104 cm³/mol. The summed E-state index contributed by atoms with van der Waals surface area (Å²) in [7, 11) is 0. The minimum absolute atomic E-state index is 0.278. The van der Waals surface area contributed by atoms with Gasteiger partial charge in [0, 0.05) is 34.9 Å². The molecular formula is C22H22N2O2. The number of rotatable bonds is 4. The van der Waals surface area contributed by atoms with Crippen molar-refractivity contribution in [2.45, 2.75) is 27.2 Å². The van der Waals surface area contributed by atoms with E-state index in [4.69, 9.17) is 9.47 Å². The van der Waals surface area contributed by atoms with E-state index in [2.05, 4.69) is 60.7 Å². The van der Waals surface area contributed by atoms with E-state index in [-0.39, 0.29) is 6.79 Å². The number of nitrogens with zero attached hydrogens (tertiary/aromatic N) is 2. The second kappa shape index (κ2) is 6.71. The summed E-state index contributed by atoms with van der Waals surface area (Å²) in [6.07, 6.45) is 2.93. The zero-order valence-electron chi connectivity index (χ0n) is 15.3. The third-order valence-corrected chi connectivity index (χ3v) is 4.79. The highest BCUT2D eigenvalue weighted by atomic mass is 16.7. The van der Waals surface area contributed by atoms with E-state index in [1.54, 1.807) is 0 Å². The fourth-order valence-electron chi connectivity index (χ4n) is 3.43. The second-order valence-corrected chi connectivity index (χ2v) is 6.44. The smallest absolute Gasteiger partial charge is 0.231 e. The van der Waals surface area contributed by atoms with E-state index in [1.807, 2.05) is 24.4 Å². The van der Waals surface area contributed by atoms with Gasteiger partial charge in [0.1, 0.15) is 0 Å². The van der Waals surface area contributed by atoms with Gasteiger partial charge in [-0.1, -0.05) is 25.1 Å². The number of ether oxygens (including phenoxy) is 2. The molecule has 26 heavy (non-hydrogen) atoms. The van der Waals surface area contributed by atoms with Crippen molar-refractivity contribution in [1.29, 1.82) is 0 Å². The van der Waals surface area contributed by atoms with Crippen LogP contribution in [0.2, 0.25) is 0 Å². The molecule has 4 rings (SSSR count). The number of fused-ring (bicyclic) bond motifs is 1. The molecule has 3 aromatic rings. The van der Waals surface area contributed by atoms with Gasteiger partial charge in [-0.25, -0.2) is 0 Å². The molecule has 0 amide bonds. The van der Waals surface area contributed by atoms with E-state index in [0.717, 1.165) is 29.2 Å². The van der Waals surface area contributed by atoms with Crippen molar-refractivity contribution in [2.24, 2.45) is 4.99 Å². The molecule has 0 saturated carbocycles. The SMILES string of the molecule is CCc1ccccc1-n1c(C)cc(C=Nc2ccc3c(c2)OCO3)c1C. The minimum atomic E-state index is 0.278. The Balaban J connectivity index is 1.68. The molecule has 0 unspecified atom stereocenters. The van der Waals surface area contributed by atoms with Gasteiger partial charge < -0.3 is 14.0 Å². The van der Waals surface area contributed by atoms with Crippen molar-refractivity contribution in [2.75, 3.05) is 6.79 Å². The summed E-state index contributed by atoms with van der Waals surface area (Å²) >= 11 is 0. The van der Waals surface area contributed by atoms with E-state index in [0.29, 0.717) is 0 Å². The number of aromatic nitrogens is 1. The average molecular weight is 346 g/mol. The first kappa shape index (κ1) is 16.5. The highest BCUT2D eigenvalue weighted by molar-refractivity contribution is 5.84. The topological polar surface area (TPSA) is 35.8 Å². The molecule has 1 aromatic heterocycles. The molecule has 132 valence electrons. The molecule has 0 saturated heterocycles. The van der Waals surface area contributed by atoms with Gasteiger partial charge in [0.25, 0.3) is 0 Å². The van der Waals surface area contributed by atoms with Crippen LogP contribution in [0.15, 0.2) is 53.5 Å². The van der Waals surface area contributed by atoms with Crippen LogP contribution in [0.5, 0.6) is 11.5 Å². The Hall–Kier alpha value is -3.01. The lowest BCUT2D eigenvalue weighted by molar-refractivity contribution is 0.174. The number of benzene rings is 2. The molecule has 0 atom stereocenters. The van der Waals surface area contributed by atoms with E-state index < -0.39 is 0 Å². The van der Waals surface area contributed by atoms with Gasteiger partial charge in [-0.15, -0.1) is 0 Å². The summed E-state index contributed by atoms with van der Waals surface area (Å²) in [5.74, 6) is 1.53. The normalized spacial score (nSPS) is 12.9. The van der Waals surface area contributed by atoms with Crippen LogP contribution in [-0.4, -0.2) is 17.6 Å². The van der Waals surface area contributed by atoms with Crippen LogP contribution >= 0.6 is 0 Å². The standard InChI is InChI=1S/C22H22N2O2/c1-4-17-7-5-6-8-20(17)24-15(2)11-18(16(24)3)13-23-19-9-10-21-22(12-19)26-14-25-21/h5-13H,4,14H2,1-3H3. The molecule has 0 spiro atoms. The fourth-order valence-corrected chi connectivity index (χ4v) is 3.43. The van der Waals surface area contributed by atoms with Crippen molar-refractivity contribution in [3.8, 4) is 17.2 Å². The summed E-state index contributed by atoms with van der Waals surface area (Å²) in [5.41, 5.74) is 6.95. The molecule has 0 radical (unpaired) electrons. The Kier molecular flexibility index (Phi) is 4.25. The van der Waals surface area contributed by atoms with Crippen molar-refractivity contribution in [3.05, 3.63) is 71.0 Å². The van der Waals surface area contributed by atoms with Gasteiger partial charge in [-0.2, -0.15) is 0 Å². The van der Waals surface area contributed by atoms with Crippen LogP contribution in [0.1, 0.15) is 29.4 Å². The number of hydrogen-bond acceptors (Lipinski definition) is 3. The monoisotopic (exact) mass is 346 g/mol. The molecule has 1 aliphatic heterocycles. The number of para-hydroxylation sites is 1. The van der Waals surface area contributed by atoms with Crippen molar-refractivity contribution >= 4 is 11.9 Å². The highest BCUT2D eigenvalue weighted by Crippen LogP contribution is 2.35. The summed E-state index contributed by atoms with van der Waals surface area (Å²) < 4.78 is 13.1. The first-order chi connectivity index (χ1) is 12.7. The molecule has 2 heterocycles. The van der Waals surface area contributed by atoms with Crippen LogP contribution in [-0.2, 0) is 6.42 Å². The van der Waals surface area contributed by atoms with Gasteiger partial charge in [0.15, 0.2) is 11.5 Å². The number of hydrogen-bond donors (Lipinski definition) is 0. The van der Waals surface area contributed by atoms with Crippen molar-refractivity contribution in [1.82, 2.24) is 4.57 Å². The second-order valence-electron chi connectivity index (χ2n) is 6.44. The molecule has 2 aromatic carbocycles. The predicted octanol–water partition coefficient (Wildman–Crippen LogP) is 5.14. The maximum Gasteiger partial charge on any atom is 0.231 e. The van der Waals surface area contributed by atoms with E-state index in [1.165, 1.54) is 22.6 Å². The minimum Gasteiger partial charge on any atom is -0.454 e. The lowest BCUT2D eigenvalue weighted by Gasteiger charge is -2.13. The Morgan fingerprint density at radius 1 is 1.04 bits per heavy atom. The van der Waals surface area contributed by atoms with Crippen LogP contribution in [0.25, 0.3) is 5.69 Å². The van der Waals surface area contributed by atoms with Crippen molar-refractivity contribution in [3.63, 3.8) is 0 Å². The molecule has 4 heteroatoms. The summed E-state index contributed by atoms with van der Waals surface area (Å²) in [5, 5.41) is 0. The lowest BCUT2D eigenvalue weighted by atomic mass is 10.1. The fraction of sp³-hybridized carbons (Fsp3) is 0.227. The van der Waals surface area contributed by atoms with Crippen LogP contribution in [0.4, 0.5) is 5.69 Å². The number of aliphatic imine (C=N–C) groups is 1. The first-order valence-corrected chi connectivity index (χ1v) is 8.88. The third-order valence-electron chi connectivity index (χ3n) is 4.79. The molecule has 0 N–H and O–H groups in total. The molecule has 0 aliphatic carbocycles. The first-order valence-electron chi connectivity index (χ1n) is 8.88. The Bertz CT molecular complexity index is 986. The molecule has 4 nitrogen and oxygen atoms in total. The van der Waals surface area contributed by atoms with E-state index in [9.17, 15) is 0 Å². The highest BCUT2D eigenvalue weighted by Gasteiger charge is 2.14. The van der Waals surface area contributed by atoms with Crippen molar-refractivity contribution < 1.29 is 9.47 Å². The van der Waals surface area contributed by atoms with Gasteiger partial charge in [0.05, 0.1) is 5.69 Å². The van der Waals surface area contributed by atoms with Gasteiger partial charge in [-0.05, 0) is 50.1 Å². The number of aryl methyl sites for hydroxylation is 2. The van der Waals surface area contributed by atoms with Crippen LogP contribution < -0.4 is 9.47 Å². The quantitative estimate of drug-likeness (QED) is 0.614. The average Bonchev–Trinajstić information content (AvgIpc) is 3.23. The van der Waals surface area contributed by atoms with Gasteiger partial charge in [0.2, 0.25) is 6.79 Å².